The number of nitrogens with zero attached hydrogens (tertiary/aromatic N) is 5. The van der Waals surface area contributed by atoms with E-state index in [2.05, 4.69) is 37.2 Å². The number of aryl methyl sites for hydroxylation is 2. The number of nitrogens with one attached hydrogen (secondary N) is 1. The van der Waals surface area contributed by atoms with E-state index >= 15 is 0 Å². The van der Waals surface area contributed by atoms with E-state index in [1.807, 2.05) is 7.05 Å². The molecule has 1 saturated carbocycles. The Morgan fingerprint density at radius 3 is 2.77 bits per heavy atom. The summed E-state index contributed by atoms with van der Waals surface area (Å²) in [5.41, 5.74) is 0.901. The summed E-state index contributed by atoms with van der Waals surface area (Å²) in [4.78, 5) is 27.6. The van der Waals surface area contributed by atoms with E-state index in [1.54, 1.807) is 13.8 Å². The monoisotopic (exact) mass is 356 g/mol. The van der Waals surface area contributed by atoms with Crippen LogP contribution in [0.15, 0.2) is 15.3 Å². The van der Waals surface area contributed by atoms with Gasteiger partial charge in [0.15, 0.2) is 5.82 Å². The lowest BCUT2D eigenvalue weighted by molar-refractivity contribution is 0.0949. The molecule has 136 valence electrons. The molecular weight excluding hydrogens is 336 g/mol. The maximum atomic E-state index is 12.8. The summed E-state index contributed by atoms with van der Waals surface area (Å²) in [6.07, 6.45) is 3.64. The van der Waals surface area contributed by atoms with Gasteiger partial charge in [-0.15, -0.1) is 0 Å². The SMILES string of the molecule is Cc1nc(CNC(=O)c2c(C)oc3ncnc(N(C)C4(C)CC4)c23)no1. The number of hydrogen-bond acceptors (Lipinski definition) is 8. The van der Waals surface area contributed by atoms with Crippen LogP contribution in [0.4, 0.5) is 5.82 Å². The second-order valence-corrected chi connectivity index (χ2v) is 6.88. The average molecular weight is 356 g/mol. The van der Waals surface area contributed by atoms with Crippen molar-refractivity contribution in [3.63, 3.8) is 0 Å². The van der Waals surface area contributed by atoms with Crippen molar-refractivity contribution in [2.45, 2.75) is 45.7 Å². The van der Waals surface area contributed by atoms with Crippen molar-refractivity contribution in [1.82, 2.24) is 25.4 Å². The summed E-state index contributed by atoms with van der Waals surface area (Å²) in [7, 11) is 1.99. The molecule has 0 atom stereocenters. The molecule has 26 heavy (non-hydrogen) atoms. The van der Waals surface area contributed by atoms with E-state index in [4.69, 9.17) is 8.94 Å². The normalized spacial score (nSPS) is 15.2. The molecule has 1 aliphatic carbocycles. The predicted molar refractivity (Wildman–Crippen MR) is 92.8 cm³/mol. The van der Waals surface area contributed by atoms with Gasteiger partial charge >= 0.3 is 0 Å². The lowest BCUT2D eigenvalue weighted by Crippen LogP contribution is -2.32. The molecule has 3 aromatic heterocycles. The van der Waals surface area contributed by atoms with Crippen LogP contribution in [0.3, 0.4) is 0 Å². The first-order chi connectivity index (χ1) is 12.4. The summed E-state index contributed by atoms with van der Waals surface area (Å²) in [5, 5.41) is 7.22. The van der Waals surface area contributed by atoms with Crippen molar-refractivity contribution >= 4 is 22.8 Å². The Hall–Kier alpha value is -2.97. The molecule has 1 aliphatic rings. The van der Waals surface area contributed by atoms with Crippen LogP contribution in [0.2, 0.25) is 0 Å². The van der Waals surface area contributed by atoms with Gasteiger partial charge in [0.05, 0.1) is 17.5 Å². The van der Waals surface area contributed by atoms with Gasteiger partial charge in [-0.3, -0.25) is 4.79 Å². The zero-order valence-electron chi connectivity index (χ0n) is 15.2. The van der Waals surface area contributed by atoms with Crippen LogP contribution in [0.1, 0.15) is 47.6 Å². The van der Waals surface area contributed by atoms with Crippen LogP contribution in [0.25, 0.3) is 11.1 Å². The summed E-state index contributed by atoms with van der Waals surface area (Å²) in [6, 6.07) is 0. The third-order valence-corrected chi connectivity index (χ3v) is 4.95. The molecule has 3 aromatic rings. The van der Waals surface area contributed by atoms with Gasteiger partial charge in [-0.1, -0.05) is 5.16 Å². The zero-order chi connectivity index (χ0) is 18.5. The van der Waals surface area contributed by atoms with Gasteiger partial charge in [0.25, 0.3) is 5.91 Å². The van der Waals surface area contributed by atoms with Gasteiger partial charge < -0.3 is 19.2 Å². The second-order valence-electron chi connectivity index (χ2n) is 6.88. The van der Waals surface area contributed by atoms with E-state index in [0.717, 1.165) is 12.8 Å². The van der Waals surface area contributed by atoms with Gasteiger partial charge in [0, 0.05) is 19.5 Å². The molecule has 9 nitrogen and oxygen atoms in total. The molecule has 0 saturated heterocycles. The van der Waals surface area contributed by atoms with E-state index in [1.165, 1.54) is 6.33 Å². The number of carbonyl (C=O) groups is 1. The van der Waals surface area contributed by atoms with Crippen LogP contribution in [0, 0.1) is 13.8 Å². The third-order valence-electron chi connectivity index (χ3n) is 4.95. The smallest absolute Gasteiger partial charge is 0.256 e. The zero-order valence-corrected chi connectivity index (χ0v) is 15.2. The van der Waals surface area contributed by atoms with E-state index < -0.39 is 0 Å². The van der Waals surface area contributed by atoms with Crippen LogP contribution in [-0.4, -0.2) is 38.6 Å². The number of carbonyl (C=O) groups excluding carboxylic acids is 1. The minimum Gasteiger partial charge on any atom is -0.442 e. The minimum atomic E-state index is -0.283. The summed E-state index contributed by atoms with van der Waals surface area (Å²) >= 11 is 0. The summed E-state index contributed by atoms with van der Waals surface area (Å²) < 4.78 is 10.6. The Bertz CT molecular complexity index is 988. The van der Waals surface area contributed by atoms with Crippen molar-refractivity contribution in [3.05, 3.63) is 29.4 Å². The van der Waals surface area contributed by atoms with Gasteiger partial charge in [0.1, 0.15) is 17.9 Å². The van der Waals surface area contributed by atoms with Gasteiger partial charge in [-0.2, -0.15) is 4.98 Å². The van der Waals surface area contributed by atoms with Crippen LogP contribution < -0.4 is 10.2 Å². The Kier molecular flexibility index (Phi) is 3.67. The molecule has 0 radical (unpaired) electrons. The van der Waals surface area contributed by atoms with Crippen molar-refractivity contribution in [2.75, 3.05) is 11.9 Å². The Morgan fingerprint density at radius 1 is 1.35 bits per heavy atom. The molecule has 9 heteroatoms. The van der Waals surface area contributed by atoms with Crippen LogP contribution >= 0.6 is 0 Å². The highest BCUT2D eigenvalue weighted by Gasteiger charge is 2.43. The van der Waals surface area contributed by atoms with Crippen molar-refractivity contribution < 1.29 is 13.7 Å². The average Bonchev–Trinajstić information content (AvgIpc) is 3.07. The predicted octanol–water partition coefficient (Wildman–Crippen LogP) is 2.14. The van der Waals surface area contributed by atoms with Gasteiger partial charge in [-0.25, -0.2) is 9.97 Å². The first-order valence-electron chi connectivity index (χ1n) is 8.44. The maximum absolute atomic E-state index is 12.8. The second kappa shape index (κ2) is 5.79. The van der Waals surface area contributed by atoms with E-state index in [9.17, 15) is 4.79 Å². The van der Waals surface area contributed by atoms with Crippen LogP contribution in [-0.2, 0) is 6.54 Å². The molecular formula is C17H20N6O3. The van der Waals surface area contributed by atoms with Crippen LogP contribution in [0.5, 0.6) is 0 Å². The number of amides is 1. The summed E-state index contributed by atoms with van der Waals surface area (Å²) in [6.45, 7) is 5.78. The molecule has 0 bridgehead atoms. The number of hydrogen-bond donors (Lipinski definition) is 1. The first-order valence-corrected chi connectivity index (χ1v) is 8.44. The molecule has 0 unspecified atom stereocenters. The number of furan rings is 1. The quantitative estimate of drug-likeness (QED) is 0.740. The molecule has 0 aliphatic heterocycles. The molecule has 0 aromatic carbocycles. The first kappa shape index (κ1) is 16.5. The molecule has 1 fully saturated rings. The fourth-order valence-corrected chi connectivity index (χ4v) is 2.99. The van der Waals surface area contributed by atoms with Crippen molar-refractivity contribution in [3.8, 4) is 0 Å². The largest absolute Gasteiger partial charge is 0.442 e. The third kappa shape index (κ3) is 2.69. The molecule has 4 rings (SSSR count). The van der Waals surface area contributed by atoms with E-state index in [-0.39, 0.29) is 18.0 Å². The molecule has 1 amide bonds. The highest BCUT2D eigenvalue weighted by molar-refractivity contribution is 6.10. The van der Waals surface area contributed by atoms with Crippen molar-refractivity contribution in [2.24, 2.45) is 0 Å². The lowest BCUT2D eigenvalue weighted by Gasteiger charge is -2.26. The highest BCUT2D eigenvalue weighted by Crippen LogP contribution is 2.44. The summed E-state index contributed by atoms with van der Waals surface area (Å²) in [5.74, 6) is 1.79. The fourth-order valence-electron chi connectivity index (χ4n) is 2.99. The standard InChI is InChI=1S/C17H20N6O3/c1-9-12(15(24)18-7-11-21-10(2)26-22-11)13-14(19-8-20-16(13)25-9)23(4)17(3)5-6-17/h8H,5-7H2,1-4H3,(H,18,24). The highest BCUT2D eigenvalue weighted by atomic mass is 16.5. The molecule has 1 N–H and O–H groups in total. The van der Waals surface area contributed by atoms with E-state index in [0.29, 0.717) is 40.0 Å². The van der Waals surface area contributed by atoms with Crippen molar-refractivity contribution in [1.29, 1.82) is 0 Å². The Morgan fingerprint density at radius 2 is 2.12 bits per heavy atom. The Labute approximate surface area is 149 Å². The number of anilines is 1. The van der Waals surface area contributed by atoms with Gasteiger partial charge in [-0.05, 0) is 26.7 Å². The lowest BCUT2D eigenvalue weighted by atomic mass is 10.1. The number of rotatable bonds is 5. The number of aromatic nitrogens is 4. The Balaban J connectivity index is 1.69. The minimum absolute atomic E-state index is 0.0579. The van der Waals surface area contributed by atoms with Gasteiger partial charge in [0.2, 0.25) is 11.6 Å². The maximum Gasteiger partial charge on any atom is 0.256 e. The number of fused-ring (bicyclic) bond motifs is 1. The molecule has 3 heterocycles. The fraction of sp³-hybridized carbons (Fsp3) is 0.471. The molecule has 0 spiro atoms. The topological polar surface area (TPSA) is 110 Å².